The van der Waals surface area contributed by atoms with E-state index in [1.165, 1.54) is 18.9 Å². The van der Waals surface area contributed by atoms with Crippen LogP contribution in [0.5, 0.6) is 0 Å². The van der Waals surface area contributed by atoms with Crippen molar-refractivity contribution in [1.29, 1.82) is 0 Å². The zero-order valence-electron chi connectivity index (χ0n) is 33.8. The summed E-state index contributed by atoms with van der Waals surface area (Å²) in [5.41, 5.74) is 1.79. The summed E-state index contributed by atoms with van der Waals surface area (Å²) in [6, 6.07) is 11.5. The first kappa shape index (κ1) is 69.6. The minimum absolute atomic E-state index is 1.38. The molecule has 0 aliphatic heterocycles. The molecule has 0 N–H and O–H groups in total. The van der Waals surface area contributed by atoms with Crippen LogP contribution >= 0.6 is 22.7 Å². The predicted molar refractivity (Wildman–Crippen MR) is 217 cm³/mol. The minimum Gasteiger partial charge on any atom is -0.452 e. The third kappa shape index (κ3) is 124. The van der Waals surface area contributed by atoms with E-state index in [1.807, 2.05) is 185 Å². The molecule has 0 unspecified atom stereocenters. The monoisotopic (exact) mass is 687 g/mol. The van der Waals surface area contributed by atoms with Crippen LogP contribution in [-0.2, 0) is 0 Å². The molecule has 0 atom stereocenters. The van der Waals surface area contributed by atoms with Crippen LogP contribution in [0.4, 0.5) is 0 Å². The first-order valence-corrected chi connectivity index (χ1v) is 19.2. The van der Waals surface area contributed by atoms with E-state index in [-0.39, 0.29) is 0 Å². The largest absolute Gasteiger partial charge is 0.452 e. The topological polar surface area (TPSA) is 77.8 Å². The van der Waals surface area contributed by atoms with Crippen LogP contribution < -0.4 is 0 Å². The smallest absolute Gasteiger partial charge is 0.180 e. The van der Waals surface area contributed by atoms with Gasteiger partial charge in [0.15, 0.2) is 6.39 Å². The van der Waals surface area contributed by atoms with Gasteiger partial charge in [-0.1, -0.05) is 162 Å². The second kappa shape index (κ2) is 134. The van der Waals surface area contributed by atoms with Crippen molar-refractivity contribution in [3.05, 3.63) is 108 Å². The van der Waals surface area contributed by atoms with Crippen molar-refractivity contribution in [1.82, 2.24) is 20.1 Å². The summed E-state index contributed by atoms with van der Waals surface area (Å²) in [4.78, 5) is 11.1. The Morgan fingerprint density at radius 3 is 0.957 bits per heavy atom. The summed E-state index contributed by atoms with van der Waals surface area (Å²) < 4.78 is 8.81. The molecule has 0 aromatic carbocycles. The molecular weight excluding hydrogens is 609 g/mol. The Morgan fingerprint density at radius 1 is 0.370 bits per heavy atom. The fourth-order valence-corrected chi connectivity index (χ4v) is 1.87. The molecule has 0 radical (unpaired) electrons. The Hall–Kier alpha value is -3.10. The summed E-state index contributed by atoms with van der Waals surface area (Å²) in [6.45, 7) is 40.0. The molecule has 0 aliphatic rings. The third-order valence-corrected chi connectivity index (χ3v) is 3.18. The molecule has 46 heavy (non-hydrogen) atoms. The van der Waals surface area contributed by atoms with E-state index in [9.17, 15) is 0 Å². The van der Waals surface area contributed by atoms with Gasteiger partial charge in [0.2, 0.25) is 0 Å². The highest BCUT2D eigenvalue weighted by Gasteiger charge is 1.61. The van der Waals surface area contributed by atoms with Gasteiger partial charge in [0, 0.05) is 24.0 Å². The third-order valence-electron chi connectivity index (χ3n) is 2.03. The lowest BCUT2D eigenvalue weighted by atomic mass is 10.5. The van der Waals surface area contributed by atoms with Crippen molar-refractivity contribution >= 4 is 22.7 Å². The van der Waals surface area contributed by atoms with Gasteiger partial charge in [-0.25, -0.2) is 4.98 Å². The van der Waals surface area contributed by atoms with Gasteiger partial charge in [-0.3, -0.25) is 9.97 Å². The molecule has 5 aromatic heterocycles. The summed E-state index contributed by atoms with van der Waals surface area (Å²) in [6.07, 6.45) is 12.8. The van der Waals surface area contributed by atoms with Crippen molar-refractivity contribution in [2.75, 3.05) is 0 Å². The molecule has 8 heteroatoms. The number of oxazole rings is 1. The van der Waals surface area contributed by atoms with E-state index >= 15 is 0 Å². The molecule has 0 saturated carbocycles. The predicted octanol–water partition coefficient (Wildman–Crippen LogP) is 15.6. The van der Waals surface area contributed by atoms with Gasteiger partial charge in [-0.15, -0.1) is 11.3 Å². The highest BCUT2D eigenvalue weighted by Crippen LogP contribution is 1.91. The van der Waals surface area contributed by atoms with E-state index in [0.29, 0.717) is 0 Å². The number of rotatable bonds is 0. The molecular formula is C38H78N4O2S2. The Labute approximate surface area is 297 Å². The molecule has 0 fully saturated rings. The van der Waals surface area contributed by atoms with Crippen LogP contribution in [0.15, 0.2) is 117 Å². The van der Waals surface area contributed by atoms with Crippen LogP contribution in [0.3, 0.4) is 0 Å². The average molecular weight is 687 g/mol. The Balaban J connectivity index is -0.0000000389. The molecule has 5 aromatic rings. The quantitative estimate of drug-likeness (QED) is 0.161. The van der Waals surface area contributed by atoms with E-state index in [1.54, 1.807) is 65.2 Å². The zero-order chi connectivity index (χ0) is 38.4. The maximum Gasteiger partial charge on any atom is 0.180 e. The van der Waals surface area contributed by atoms with Crippen LogP contribution in [0.25, 0.3) is 0 Å². The van der Waals surface area contributed by atoms with Crippen molar-refractivity contribution in [2.24, 2.45) is 0 Å². The van der Waals surface area contributed by atoms with Gasteiger partial charge < -0.3 is 8.94 Å². The lowest BCUT2D eigenvalue weighted by Crippen LogP contribution is -1.58. The van der Waals surface area contributed by atoms with Crippen LogP contribution in [-0.4, -0.2) is 20.1 Å². The van der Waals surface area contributed by atoms with E-state index < -0.39 is 0 Å². The van der Waals surface area contributed by atoms with Gasteiger partial charge in [0.25, 0.3) is 0 Å². The summed E-state index contributed by atoms with van der Waals surface area (Å²) in [7, 11) is 0. The van der Waals surface area contributed by atoms with Crippen molar-refractivity contribution in [3.8, 4) is 0 Å². The number of thiophene rings is 1. The number of hydrogen-bond acceptors (Lipinski definition) is 8. The highest BCUT2D eigenvalue weighted by atomic mass is 32.1. The Bertz CT molecular complexity index is 552. The molecule has 6 nitrogen and oxygen atoms in total. The van der Waals surface area contributed by atoms with E-state index in [0.717, 1.165) is 0 Å². The van der Waals surface area contributed by atoms with Gasteiger partial charge in [-0.05, 0) is 29.0 Å². The second-order valence-electron chi connectivity index (χ2n) is 3.86. The molecule has 274 valence electrons. The van der Waals surface area contributed by atoms with Crippen LogP contribution in [0, 0.1) is 0 Å². The highest BCUT2D eigenvalue weighted by molar-refractivity contribution is 7.07. The number of nitrogens with zero attached hydrogens (tertiary/aromatic N) is 4. The number of aromatic nitrogens is 4. The van der Waals surface area contributed by atoms with Gasteiger partial charge >= 0.3 is 0 Å². The molecule has 5 rings (SSSR count). The van der Waals surface area contributed by atoms with Crippen LogP contribution in [0.2, 0.25) is 0 Å². The zero-order valence-corrected chi connectivity index (χ0v) is 35.4. The van der Waals surface area contributed by atoms with E-state index in [2.05, 4.69) is 29.0 Å². The standard InChI is InChI=1S/C5H5N.C4H4S.2C3H3NO.C3H3NS.10C2H6/c1-2-4-6-5-3-1;1-2-4-5-3-1;1-2-5-3-4-1;1-2-4-5-3-1;1-2-5-3-4-1;10*1-2/h1-5H;1-4H;3*1-3H;10*1-2H3. The normalized spacial score (nSPS) is 5.83. The van der Waals surface area contributed by atoms with E-state index in [4.69, 9.17) is 0 Å². The fourth-order valence-electron chi connectivity index (χ4n) is 1.07. The Kier molecular flexibility index (Phi) is 202. The van der Waals surface area contributed by atoms with Gasteiger partial charge in [0.1, 0.15) is 12.5 Å². The first-order chi connectivity index (χ1) is 23.0. The van der Waals surface area contributed by atoms with Crippen molar-refractivity contribution in [2.45, 2.75) is 138 Å². The maximum absolute atomic E-state index is 4.47. The molecule has 0 spiro atoms. The van der Waals surface area contributed by atoms with Gasteiger partial charge in [0.05, 0.1) is 17.9 Å². The second-order valence-corrected chi connectivity index (χ2v) is 5.43. The maximum atomic E-state index is 4.47. The molecule has 0 aliphatic carbocycles. The lowest BCUT2D eigenvalue weighted by Gasteiger charge is -1.70. The molecule has 0 amide bonds. The number of hydrogen-bond donors (Lipinski definition) is 0. The number of pyridine rings is 1. The fraction of sp³-hybridized carbons (Fsp3) is 0.526. The van der Waals surface area contributed by atoms with Crippen molar-refractivity contribution < 1.29 is 8.94 Å². The minimum atomic E-state index is 1.38. The van der Waals surface area contributed by atoms with Gasteiger partial charge in [-0.2, -0.15) is 11.3 Å². The molecule has 0 bridgehead atoms. The SMILES string of the molecule is CC.CC.CC.CC.CC.CC.CC.CC.CC.CC.c1ccncc1.c1ccsc1.c1cnoc1.c1cocn1.c1cscn1. The number of thiazole rings is 1. The summed E-state index contributed by atoms with van der Waals surface area (Å²) in [5, 5.41) is 9.36. The first-order valence-electron chi connectivity index (χ1n) is 17.3. The summed E-state index contributed by atoms with van der Waals surface area (Å²) in [5.74, 6) is 0. The average Bonchev–Trinajstić information content (AvgIpc) is 4.08. The molecule has 5 heterocycles. The molecule has 0 saturated heterocycles. The lowest BCUT2D eigenvalue weighted by molar-refractivity contribution is 0.420. The van der Waals surface area contributed by atoms with Crippen molar-refractivity contribution in [3.63, 3.8) is 0 Å². The van der Waals surface area contributed by atoms with Crippen LogP contribution in [0.1, 0.15) is 138 Å². The summed E-state index contributed by atoms with van der Waals surface area (Å²) >= 11 is 3.31. The Morgan fingerprint density at radius 2 is 0.848 bits per heavy atom.